The molecule has 9 nitrogen and oxygen atoms in total. The van der Waals surface area contributed by atoms with Crippen molar-refractivity contribution >= 4 is 27.5 Å². The van der Waals surface area contributed by atoms with Gasteiger partial charge in [0.05, 0.1) is 14.7 Å². The quantitative estimate of drug-likeness (QED) is 0.387. The Morgan fingerprint density at radius 2 is 1.79 bits per heavy atom. The molecule has 0 saturated carbocycles. The normalized spacial score (nSPS) is 11.7. The van der Waals surface area contributed by atoms with Crippen LogP contribution in [0.2, 0.25) is 0 Å². The summed E-state index contributed by atoms with van der Waals surface area (Å²) in [5.74, 6) is 0.288. The second-order valence-electron chi connectivity index (χ2n) is 5.82. The molecule has 0 aliphatic carbocycles. The van der Waals surface area contributed by atoms with E-state index in [-0.39, 0.29) is 39.7 Å². The number of rotatable bonds is 8. The molecule has 3 aromatic rings. The maximum absolute atomic E-state index is 12.7. The highest BCUT2D eigenvalue weighted by atomic mass is 32.2. The van der Waals surface area contributed by atoms with Gasteiger partial charge in [0, 0.05) is 24.7 Å². The van der Waals surface area contributed by atoms with Crippen molar-refractivity contribution in [2.24, 2.45) is 0 Å². The standard InChI is InChI=1S/C18H18N4O5S2/c1-3-21(4-2)29(25,26)14-10-11-16(15(12-14)22(23)24)28-18-20-19-17(27-18)13-8-6-5-7-9-13/h5-12H,3-4H2,1-2H3. The van der Waals surface area contributed by atoms with Crippen LogP contribution in [0.4, 0.5) is 5.69 Å². The van der Waals surface area contributed by atoms with Crippen LogP contribution >= 0.6 is 11.8 Å². The van der Waals surface area contributed by atoms with E-state index in [1.54, 1.807) is 26.0 Å². The van der Waals surface area contributed by atoms with Gasteiger partial charge in [0.1, 0.15) is 0 Å². The summed E-state index contributed by atoms with van der Waals surface area (Å²) in [4.78, 5) is 11.0. The highest BCUT2D eigenvalue weighted by molar-refractivity contribution is 7.99. The van der Waals surface area contributed by atoms with E-state index in [0.717, 1.165) is 23.4 Å². The van der Waals surface area contributed by atoms with Crippen molar-refractivity contribution in [1.29, 1.82) is 0 Å². The summed E-state index contributed by atoms with van der Waals surface area (Å²) in [7, 11) is -3.81. The molecule has 3 rings (SSSR count). The van der Waals surface area contributed by atoms with Crippen molar-refractivity contribution in [3.8, 4) is 11.5 Å². The fourth-order valence-corrected chi connectivity index (χ4v) is 4.88. The zero-order valence-electron chi connectivity index (χ0n) is 15.7. The highest BCUT2D eigenvalue weighted by Gasteiger charge is 2.26. The Morgan fingerprint density at radius 3 is 2.41 bits per heavy atom. The predicted molar refractivity (Wildman–Crippen MR) is 107 cm³/mol. The van der Waals surface area contributed by atoms with E-state index in [1.165, 1.54) is 16.4 Å². The summed E-state index contributed by atoms with van der Waals surface area (Å²) in [6, 6.07) is 12.9. The molecule has 0 amide bonds. The van der Waals surface area contributed by atoms with Crippen molar-refractivity contribution in [3.05, 3.63) is 58.6 Å². The van der Waals surface area contributed by atoms with Crippen LogP contribution in [-0.4, -0.2) is 40.9 Å². The van der Waals surface area contributed by atoms with Gasteiger partial charge in [0.2, 0.25) is 15.9 Å². The van der Waals surface area contributed by atoms with Crippen LogP contribution in [0.1, 0.15) is 13.8 Å². The van der Waals surface area contributed by atoms with Gasteiger partial charge in [-0.2, -0.15) is 4.31 Å². The summed E-state index contributed by atoms with van der Waals surface area (Å²) in [6.07, 6.45) is 0. The van der Waals surface area contributed by atoms with E-state index >= 15 is 0 Å². The Labute approximate surface area is 172 Å². The third kappa shape index (κ3) is 4.47. The monoisotopic (exact) mass is 434 g/mol. The Balaban J connectivity index is 1.93. The molecule has 1 heterocycles. The van der Waals surface area contributed by atoms with Crippen LogP contribution < -0.4 is 0 Å². The van der Waals surface area contributed by atoms with Crippen molar-refractivity contribution in [3.63, 3.8) is 0 Å². The van der Waals surface area contributed by atoms with Crippen LogP contribution in [-0.2, 0) is 10.0 Å². The zero-order chi connectivity index (χ0) is 21.0. The van der Waals surface area contributed by atoms with Gasteiger partial charge in [-0.05, 0) is 36.0 Å². The molecule has 0 radical (unpaired) electrons. The van der Waals surface area contributed by atoms with Crippen LogP contribution in [0.3, 0.4) is 0 Å². The zero-order valence-corrected chi connectivity index (χ0v) is 17.3. The van der Waals surface area contributed by atoms with E-state index in [2.05, 4.69) is 10.2 Å². The molecule has 0 saturated heterocycles. The first kappa shape index (κ1) is 21.0. The van der Waals surface area contributed by atoms with Gasteiger partial charge in [-0.3, -0.25) is 10.1 Å². The lowest BCUT2D eigenvalue weighted by molar-refractivity contribution is -0.388. The number of hydrogen-bond acceptors (Lipinski definition) is 8. The number of nitro benzene ring substituents is 1. The lowest BCUT2D eigenvalue weighted by Crippen LogP contribution is -2.30. The first-order chi connectivity index (χ1) is 13.9. The Morgan fingerprint density at radius 1 is 1.10 bits per heavy atom. The molecule has 0 unspecified atom stereocenters. The van der Waals surface area contributed by atoms with Crippen LogP contribution in [0.25, 0.3) is 11.5 Å². The Hall–Kier alpha value is -2.76. The molecule has 29 heavy (non-hydrogen) atoms. The van der Waals surface area contributed by atoms with Crippen LogP contribution in [0.15, 0.2) is 68.0 Å². The topological polar surface area (TPSA) is 119 Å². The van der Waals surface area contributed by atoms with E-state index in [4.69, 9.17) is 4.42 Å². The number of nitro groups is 1. The summed E-state index contributed by atoms with van der Waals surface area (Å²) < 4.78 is 32.1. The van der Waals surface area contributed by atoms with Crippen molar-refractivity contribution in [1.82, 2.24) is 14.5 Å². The van der Waals surface area contributed by atoms with Gasteiger partial charge in [-0.15, -0.1) is 10.2 Å². The van der Waals surface area contributed by atoms with Crippen molar-refractivity contribution in [2.75, 3.05) is 13.1 Å². The second-order valence-corrected chi connectivity index (χ2v) is 8.75. The summed E-state index contributed by atoms with van der Waals surface area (Å²) >= 11 is 0.907. The number of hydrogen-bond donors (Lipinski definition) is 0. The van der Waals surface area contributed by atoms with E-state index < -0.39 is 14.9 Å². The average molecular weight is 434 g/mol. The number of sulfonamides is 1. The van der Waals surface area contributed by atoms with Crippen LogP contribution in [0, 0.1) is 10.1 Å². The number of benzene rings is 2. The minimum absolute atomic E-state index is 0.117. The first-order valence-electron chi connectivity index (χ1n) is 8.72. The SMILES string of the molecule is CCN(CC)S(=O)(=O)c1ccc(Sc2nnc(-c3ccccc3)o2)c([N+](=O)[O-])c1. The maximum atomic E-state index is 12.7. The molecular formula is C18H18N4O5S2. The fourth-order valence-electron chi connectivity index (χ4n) is 2.64. The predicted octanol–water partition coefficient (Wildman–Crippen LogP) is 3.83. The Bertz CT molecular complexity index is 1110. The van der Waals surface area contributed by atoms with Gasteiger partial charge in [-0.1, -0.05) is 32.0 Å². The van der Waals surface area contributed by atoms with Crippen LogP contribution in [0.5, 0.6) is 0 Å². The smallest absolute Gasteiger partial charge is 0.284 e. The Kier molecular flexibility index (Phi) is 6.30. The number of nitrogens with zero attached hydrogens (tertiary/aromatic N) is 4. The van der Waals surface area contributed by atoms with Gasteiger partial charge in [0.25, 0.3) is 10.9 Å². The molecule has 11 heteroatoms. The molecule has 0 N–H and O–H groups in total. The van der Waals surface area contributed by atoms with Gasteiger partial charge < -0.3 is 4.42 Å². The molecule has 0 aliphatic heterocycles. The summed E-state index contributed by atoms with van der Waals surface area (Å²) in [6.45, 7) is 3.96. The molecule has 152 valence electrons. The minimum Gasteiger partial charge on any atom is -0.411 e. The van der Waals surface area contributed by atoms with Crippen molar-refractivity contribution in [2.45, 2.75) is 28.9 Å². The first-order valence-corrected chi connectivity index (χ1v) is 11.0. The third-order valence-corrected chi connectivity index (χ3v) is 7.05. The van der Waals surface area contributed by atoms with E-state index in [0.29, 0.717) is 0 Å². The third-order valence-electron chi connectivity index (χ3n) is 4.09. The van der Waals surface area contributed by atoms with E-state index in [9.17, 15) is 18.5 Å². The molecule has 1 aromatic heterocycles. The second kappa shape index (κ2) is 8.72. The molecule has 0 spiro atoms. The maximum Gasteiger partial charge on any atom is 0.284 e. The largest absolute Gasteiger partial charge is 0.411 e. The fraction of sp³-hybridized carbons (Fsp3) is 0.222. The lowest BCUT2D eigenvalue weighted by atomic mass is 10.2. The minimum atomic E-state index is -3.81. The molecular weight excluding hydrogens is 416 g/mol. The molecule has 0 aliphatic rings. The van der Waals surface area contributed by atoms with E-state index in [1.807, 2.05) is 18.2 Å². The molecule has 0 atom stereocenters. The molecule has 2 aromatic carbocycles. The lowest BCUT2D eigenvalue weighted by Gasteiger charge is -2.18. The molecule has 0 fully saturated rings. The average Bonchev–Trinajstić information content (AvgIpc) is 3.18. The van der Waals surface area contributed by atoms with Crippen molar-refractivity contribution < 1.29 is 17.8 Å². The molecule has 0 bridgehead atoms. The number of aromatic nitrogens is 2. The summed E-state index contributed by atoms with van der Waals surface area (Å²) in [5.41, 5.74) is 0.379. The van der Waals surface area contributed by atoms with Gasteiger partial charge in [0.15, 0.2) is 0 Å². The van der Waals surface area contributed by atoms with Gasteiger partial charge >= 0.3 is 0 Å². The summed E-state index contributed by atoms with van der Waals surface area (Å²) in [5, 5.41) is 19.5. The van der Waals surface area contributed by atoms with Gasteiger partial charge in [-0.25, -0.2) is 8.42 Å². The highest BCUT2D eigenvalue weighted by Crippen LogP contribution is 2.37.